The van der Waals surface area contributed by atoms with Crippen LogP contribution in [0.25, 0.3) is 0 Å². The van der Waals surface area contributed by atoms with Crippen LogP contribution in [-0.4, -0.2) is 19.8 Å². The Morgan fingerprint density at radius 3 is 2.36 bits per heavy atom. The third-order valence-electron chi connectivity index (χ3n) is 5.11. The minimum absolute atomic E-state index is 0.0495. The zero-order valence-corrected chi connectivity index (χ0v) is 14.3. The highest BCUT2D eigenvalue weighted by Crippen LogP contribution is 2.51. The van der Waals surface area contributed by atoms with E-state index in [0.717, 1.165) is 30.8 Å². The summed E-state index contributed by atoms with van der Waals surface area (Å²) in [5.74, 6) is 1.93. The van der Waals surface area contributed by atoms with Gasteiger partial charge in [0, 0.05) is 23.9 Å². The first-order valence-electron chi connectivity index (χ1n) is 8.41. The maximum Gasteiger partial charge on any atom is 0.180 e. The van der Waals surface area contributed by atoms with Gasteiger partial charge in [0.05, 0.1) is 18.2 Å². The van der Waals surface area contributed by atoms with Gasteiger partial charge in [-0.25, -0.2) is 0 Å². The van der Waals surface area contributed by atoms with Crippen LogP contribution < -0.4 is 15.2 Å². The van der Waals surface area contributed by atoms with E-state index in [0.29, 0.717) is 30.7 Å². The minimum atomic E-state index is 0.0495. The van der Waals surface area contributed by atoms with E-state index in [9.17, 15) is 0 Å². The normalized spacial score (nSPS) is 20.2. The second-order valence-electron chi connectivity index (χ2n) is 6.87. The summed E-state index contributed by atoms with van der Waals surface area (Å²) in [5, 5.41) is 0.663. The number of rotatable bonds is 3. The van der Waals surface area contributed by atoms with Crippen molar-refractivity contribution >= 4 is 11.6 Å². The number of benzene rings is 1. The van der Waals surface area contributed by atoms with Gasteiger partial charge in [0.2, 0.25) is 0 Å². The van der Waals surface area contributed by atoms with Crippen molar-refractivity contribution in [1.29, 1.82) is 0 Å². The molecule has 4 heteroatoms. The molecule has 0 saturated heterocycles. The largest absolute Gasteiger partial charge is 0.489 e. The van der Waals surface area contributed by atoms with E-state index in [1.807, 2.05) is 0 Å². The van der Waals surface area contributed by atoms with Crippen LogP contribution in [0.15, 0.2) is 6.07 Å². The summed E-state index contributed by atoms with van der Waals surface area (Å²) in [6.07, 6.45) is 5.64. The second-order valence-corrected chi connectivity index (χ2v) is 7.28. The molecule has 22 heavy (non-hydrogen) atoms. The third kappa shape index (κ3) is 2.59. The van der Waals surface area contributed by atoms with Crippen molar-refractivity contribution in [1.82, 2.24) is 0 Å². The number of ether oxygens (including phenoxy) is 2. The molecule has 1 aromatic carbocycles. The van der Waals surface area contributed by atoms with Crippen LogP contribution in [0.1, 0.15) is 63.0 Å². The Labute approximate surface area is 138 Å². The standard InChI is InChI=1S/C18H26ClNO2/c1-12(2)15-13(18(11-20)6-3-4-7-18)10-14(19)16-17(15)22-9-5-8-21-16/h10,12H,3-9,11,20H2,1-2H3. The first-order valence-corrected chi connectivity index (χ1v) is 8.79. The summed E-state index contributed by atoms with van der Waals surface area (Å²) in [4.78, 5) is 0. The average molecular weight is 324 g/mol. The molecule has 0 spiro atoms. The molecule has 1 aliphatic carbocycles. The number of halogens is 1. The van der Waals surface area contributed by atoms with Gasteiger partial charge < -0.3 is 15.2 Å². The lowest BCUT2D eigenvalue weighted by Gasteiger charge is -2.33. The van der Waals surface area contributed by atoms with Crippen molar-refractivity contribution in [3.63, 3.8) is 0 Å². The Kier molecular flexibility index (Phi) is 4.56. The van der Waals surface area contributed by atoms with Crippen molar-refractivity contribution in [3.05, 3.63) is 22.2 Å². The predicted octanol–water partition coefficient (Wildman–Crippen LogP) is 4.40. The molecule has 1 saturated carbocycles. The topological polar surface area (TPSA) is 44.5 Å². The number of hydrogen-bond donors (Lipinski definition) is 1. The van der Waals surface area contributed by atoms with Crippen molar-refractivity contribution < 1.29 is 9.47 Å². The molecular formula is C18H26ClNO2. The molecule has 1 aromatic rings. The van der Waals surface area contributed by atoms with Crippen LogP contribution in [0.4, 0.5) is 0 Å². The van der Waals surface area contributed by atoms with E-state index < -0.39 is 0 Å². The molecule has 3 rings (SSSR count). The quantitative estimate of drug-likeness (QED) is 0.897. The van der Waals surface area contributed by atoms with Crippen LogP contribution in [0.5, 0.6) is 11.5 Å². The summed E-state index contributed by atoms with van der Waals surface area (Å²) in [6.45, 7) is 6.43. The fraction of sp³-hybridized carbons (Fsp3) is 0.667. The Hall–Kier alpha value is -0.930. The van der Waals surface area contributed by atoms with Crippen LogP contribution in [-0.2, 0) is 5.41 Å². The van der Waals surface area contributed by atoms with Gasteiger partial charge in [0.1, 0.15) is 0 Å². The van der Waals surface area contributed by atoms with Gasteiger partial charge in [-0.15, -0.1) is 0 Å². The van der Waals surface area contributed by atoms with E-state index in [2.05, 4.69) is 19.9 Å². The van der Waals surface area contributed by atoms with E-state index in [-0.39, 0.29) is 5.41 Å². The van der Waals surface area contributed by atoms with Gasteiger partial charge in [0.15, 0.2) is 11.5 Å². The highest BCUT2D eigenvalue weighted by atomic mass is 35.5. The van der Waals surface area contributed by atoms with Crippen molar-refractivity contribution in [2.45, 2.75) is 57.3 Å². The van der Waals surface area contributed by atoms with Crippen LogP contribution in [0.3, 0.4) is 0 Å². The third-order valence-corrected chi connectivity index (χ3v) is 5.39. The molecule has 0 atom stereocenters. The Morgan fingerprint density at radius 1 is 1.14 bits per heavy atom. The molecule has 1 heterocycles. The monoisotopic (exact) mass is 323 g/mol. The molecule has 1 aliphatic heterocycles. The first-order chi connectivity index (χ1) is 10.6. The molecule has 0 bridgehead atoms. The van der Waals surface area contributed by atoms with Gasteiger partial charge in [-0.2, -0.15) is 0 Å². The van der Waals surface area contributed by atoms with E-state index in [4.69, 9.17) is 26.8 Å². The molecule has 0 unspecified atom stereocenters. The summed E-state index contributed by atoms with van der Waals surface area (Å²) in [5.41, 5.74) is 8.79. The van der Waals surface area contributed by atoms with Crippen molar-refractivity contribution in [2.75, 3.05) is 19.8 Å². The number of fused-ring (bicyclic) bond motifs is 1. The zero-order chi connectivity index (χ0) is 15.7. The predicted molar refractivity (Wildman–Crippen MR) is 90.3 cm³/mol. The highest BCUT2D eigenvalue weighted by Gasteiger charge is 2.39. The Bertz CT molecular complexity index is 551. The summed E-state index contributed by atoms with van der Waals surface area (Å²) < 4.78 is 11.9. The van der Waals surface area contributed by atoms with Gasteiger partial charge in [-0.1, -0.05) is 38.3 Å². The van der Waals surface area contributed by atoms with Crippen LogP contribution in [0.2, 0.25) is 5.02 Å². The summed E-state index contributed by atoms with van der Waals surface area (Å²) in [6, 6.07) is 2.10. The van der Waals surface area contributed by atoms with Gasteiger partial charge in [-0.05, 0) is 30.4 Å². The van der Waals surface area contributed by atoms with Crippen molar-refractivity contribution in [2.24, 2.45) is 5.73 Å². The molecule has 0 amide bonds. The zero-order valence-electron chi connectivity index (χ0n) is 13.6. The van der Waals surface area contributed by atoms with Gasteiger partial charge >= 0.3 is 0 Å². The van der Waals surface area contributed by atoms with E-state index in [1.165, 1.54) is 24.0 Å². The van der Waals surface area contributed by atoms with Crippen LogP contribution in [0, 0.1) is 0 Å². The maximum atomic E-state index is 6.55. The molecule has 2 N–H and O–H groups in total. The Balaban J connectivity index is 2.21. The molecule has 1 fully saturated rings. The lowest BCUT2D eigenvalue weighted by molar-refractivity contribution is 0.295. The molecule has 122 valence electrons. The summed E-state index contributed by atoms with van der Waals surface area (Å²) >= 11 is 6.55. The number of hydrogen-bond acceptors (Lipinski definition) is 3. The summed E-state index contributed by atoms with van der Waals surface area (Å²) in [7, 11) is 0. The fourth-order valence-electron chi connectivity index (χ4n) is 3.96. The van der Waals surface area contributed by atoms with Crippen molar-refractivity contribution in [3.8, 4) is 11.5 Å². The SMILES string of the molecule is CC(C)c1c(C2(CN)CCCC2)cc(Cl)c2c1OCCCO2. The highest BCUT2D eigenvalue weighted by molar-refractivity contribution is 6.32. The molecule has 3 nitrogen and oxygen atoms in total. The van der Waals surface area contributed by atoms with E-state index in [1.54, 1.807) is 0 Å². The molecule has 0 radical (unpaired) electrons. The smallest absolute Gasteiger partial charge is 0.180 e. The lowest BCUT2D eigenvalue weighted by Crippen LogP contribution is -2.33. The maximum absolute atomic E-state index is 6.55. The average Bonchev–Trinajstić information content (AvgIpc) is 2.85. The fourth-order valence-corrected chi connectivity index (χ4v) is 4.20. The van der Waals surface area contributed by atoms with Gasteiger partial charge in [-0.3, -0.25) is 0 Å². The minimum Gasteiger partial charge on any atom is -0.489 e. The van der Waals surface area contributed by atoms with Gasteiger partial charge in [0.25, 0.3) is 0 Å². The first kappa shape index (κ1) is 15.9. The molecular weight excluding hydrogens is 298 g/mol. The van der Waals surface area contributed by atoms with Crippen LogP contribution >= 0.6 is 11.6 Å². The lowest BCUT2D eigenvalue weighted by atomic mass is 9.74. The number of nitrogens with two attached hydrogens (primary N) is 1. The molecule has 2 aliphatic rings. The molecule has 0 aromatic heterocycles. The Morgan fingerprint density at radius 2 is 1.77 bits per heavy atom. The van der Waals surface area contributed by atoms with E-state index >= 15 is 0 Å². The second kappa shape index (κ2) is 6.29.